The zero-order valence-electron chi connectivity index (χ0n) is 15.3. The van der Waals surface area contributed by atoms with Crippen LogP contribution in [0.25, 0.3) is 5.69 Å². The molecule has 2 N–H and O–H groups in total. The second-order valence-corrected chi connectivity index (χ2v) is 5.88. The Hall–Kier alpha value is -3.42. The van der Waals surface area contributed by atoms with Crippen molar-refractivity contribution >= 4 is 5.96 Å². The van der Waals surface area contributed by atoms with Gasteiger partial charge in [0.1, 0.15) is 5.75 Å². The van der Waals surface area contributed by atoms with Crippen LogP contribution in [0.5, 0.6) is 5.75 Å². The highest BCUT2D eigenvalue weighted by atomic mass is 19.3. The zero-order valence-corrected chi connectivity index (χ0v) is 15.3. The van der Waals surface area contributed by atoms with E-state index in [1.165, 1.54) is 6.07 Å². The number of halogens is 2. The van der Waals surface area contributed by atoms with Gasteiger partial charge in [0.25, 0.3) is 0 Å². The van der Waals surface area contributed by atoms with Gasteiger partial charge in [-0.2, -0.15) is 13.9 Å². The van der Waals surface area contributed by atoms with Crippen LogP contribution >= 0.6 is 0 Å². The predicted octanol–water partition coefficient (Wildman–Crippen LogP) is 3.34. The quantitative estimate of drug-likeness (QED) is 0.484. The first kappa shape index (κ1) is 19.3. The van der Waals surface area contributed by atoms with Gasteiger partial charge < -0.3 is 15.4 Å². The minimum Gasteiger partial charge on any atom is -0.434 e. The fraction of sp³-hybridized carbons (Fsp3) is 0.200. The molecule has 0 saturated carbocycles. The number of guanidine groups is 1. The molecule has 0 aliphatic heterocycles. The minimum absolute atomic E-state index is 0.148. The van der Waals surface area contributed by atoms with Crippen LogP contribution in [-0.2, 0) is 13.1 Å². The van der Waals surface area contributed by atoms with Gasteiger partial charge in [0.05, 0.1) is 5.69 Å². The Morgan fingerprint density at radius 2 is 1.82 bits per heavy atom. The summed E-state index contributed by atoms with van der Waals surface area (Å²) in [6, 6.07) is 16.5. The summed E-state index contributed by atoms with van der Waals surface area (Å²) in [5.41, 5.74) is 2.67. The van der Waals surface area contributed by atoms with E-state index >= 15 is 0 Å². The first-order chi connectivity index (χ1) is 13.7. The number of aromatic nitrogens is 2. The van der Waals surface area contributed by atoms with E-state index < -0.39 is 6.61 Å². The van der Waals surface area contributed by atoms with Crippen molar-refractivity contribution in [3.05, 3.63) is 78.1 Å². The second-order valence-electron chi connectivity index (χ2n) is 5.88. The van der Waals surface area contributed by atoms with Gasteiger partial charge in [0.15, 0.2) is 5.96 Å². The van der Waals surface area contributed by atoms with Crippen molar-refractivity contribution in [2.75, 3.05) is 7.05 Å². The largest absolute Gasteiger partial charge is 0.434 e. The van der Waals surface area contributed by atoms with E-state index in [2.05, 4.69) is 25.5 Å². The third-order valence-corrected chi connectivity index (χ3v) is 4.02. The first-order valence-electron chi connectivity index (χ1n) is 8.72. The number of ether oxygens (including phenoxy) is 1. The summed E-state index contributed by atoms with van der Waals surface area (Å²) in [6.45, 7) is -1.99. The van der Waals surface area contributed by atoms with Crippen molar-refractivity contribution in [1.82, 2.24) is 20.4 Å². The van der Waals surface area contributed by atoms with E-state index in [1.54, 1.807) is 36.1 Å². The van der Waals surface area contributed by atoms with Crippen molar-refractivity contribution < 1.29 is 13.5 Å². The summed E-state index contributed by atoms with van der Waals surface area (Å²) < 4.78 is 31.3. The molecule has 0 aliphatic rings. The number of benzene rings is 2. The SMILES string of the molecule is CN=C(NCc1ccc(-n2cccn2)cc1)NCc1ccccc1OC(F)F. The number of alkyl halides is 2. The van der Waals surface area contributed by atoms with Crippen molar-refractivity contribution in [3.8, 4) is 11.4 Å². The summed E-state index contributed by atoms with van der Waals surface area (Å²) in [4.78, 5) is 4.16. The Kier molecular flexibility index (Phi) is 6.56. The van der Waals surface area contributed by atoms with Gasteiger partial charge in [-0.05, 0) is 29.8 Å². The fourth-order valence-corrected chi connectivity index (χ4v) is 2.63. The molecule has 0 radical (unpaired) electrons. The lowest BCUT2D eigenvalue weighted by molar-refractivity contribution is -0.0504. The molecule has 0 fully saturated rings. The van der Waals surface area contributed by atoms with Crippen LogP contribution < -0.4 is 15.4 Å². The summed E-state index contributed by atoms with van der Waals surface area (Å²) in [5, 5.41) is 10.5. The monoisotopic (exact) mass is 385 g/mol. The number of aliphatic imine (C=N–C) groups is 1. The fourth-order valence-electron chi connectivity index (χ4n) is 2.63. The molecule has 0 saturated heterocycles. The highest BCUT2D eigenvalue weighted by Crippen LogP contribution is 2.19. The standard InChI is InChI=1S/C20H21F2N5O/c1-23-20(25-14-16-5-2-3-6-18(16)28-19(21)22)24-13-15-7-9-17(10-8-15)27-12-4-11-26-27/h2-12,19H,13-14H2,1H3,(H2,23,24,25). The maximum Gasteiger partial charge on any atom is 0.387 e. The third kappa shape index (κ3) is 5.29. The topological polar surface area (TPSA) is 63.5 Å². The molecule has 3 aromatic rings. The van der Waals surface area contributed by atoms with Crippen molar-refractivity contribution in [2.24, 2.45) is 4.99 Å². The van der Waals surface area contributed by atoms with Crippen LogP contribution in [0.1, 0.15) is 11.1 Å². The van der Waals surface area contributed by atoms with Crippen LogP contribution in [0.3, 0.4) is 0 Å². The van der Waals surface area contributed by atoms with E-state index in [4.69, 9.17) is 0 Å². The zero-order chi connectivity index (χ0) is 19.8. The number of hydrogen-bond acceptors (Lipinski definition) is 3. The molecule has 6 nitrogen and oxygen atoms in total. The average Bonchev–Trinajstić information content (AvgIpc) is 3.24. The Labute approximate surface area is 161 Å². The van der Waals surface area contributed by atoms with Crippen LogP contribution in [0.2, 0.25) is 0 Å². The Balaban J connectivity index is 1.54. The summed E-state index contributed by atoms with van der Waals surface area (Å²) in [6.07, 6.45) is 3.62. The molecular formula is C20H21F2N5O. The van der Waals surface area contributed by atoms with Gasteiger partial charge >= 0.3 is 6.61 Å². The number of rotatable bonds is 7. The molecule has 0 aliphatic carbocycles. The maximum atomic E-state index is 12.5. The molecule has 0 bridgehead atoms. The molecule has 3 rings (SSSR count). The molecule has 146 valence electrons. The smallest absolute Gasteiger partial charge is 0.387 e. The van der Waals surface area contributed by atoms with Crippen LogP contribution in [0.15, 0.2) is 72.0 Å². The predicted molar refractivity (Wildman–Crippen MR) is 104 cm³/mol. The summed E-state index contributed by atoms with van der Waals surface area (Å²) in [7, 11) is 1.65. The third-order valence-electron chi connectivity index (χ3n) is 4.02. The molecule has 1 aromatic heterocycles. The highest BCUT2D eigenvalue weighted by Gasteiger charge is 2.09. The van der Waals surface area contributed by atoms with Gasteiger partial charge in [0.2, 0.25) is 0 Å². The number of nitrogens with zero attached hydrogens (tertiary/aromatic N) is 3. The van der Waals surface area contributed by atoms with E-state index in [9.17, 15) is 8.78 Å². The van der Waals surface area contributed by atoms with Gasteiger partial charge in [0, 0.05) is 38.1 Å². The van der Waals surface area contributed by atoms with Crippen molar-refractivity contribution in [3.63, 3.8) is 0 Å². The minimum atomic E-state index is -2.86. The van der Waals surface area contributed by atoms with E-state index in [1.807, 2.05) is 36.5 Å². The van der Waals surface area contributed by atoms with Crippen LogP contribution in [-0.4, -0.2) is 29.4 Å². The molecule has 28 heavy (non-hydrogen) atoms. The maximum absolute atomic E-state index is 12.5. The van der Waals surface area contributed by atoms with Gasteiger partial charge in [-0.1, -0.05) is 30.3 Å². The number of para-hydroxylation sites is 1. The lowest BCUT2D eigenvalue weighted by Gasteiger charge is -2.14. The lowest BCUT2D eigenvalue weighted by Crippen LogP contribution is -2.36. The first-order valence-corrected chi connectivity index (χ1v) is 8.72. The van der Waals surface area contributed by atoms with Gasteiger partial charge in [-0.25, -0.2) is 4.68 Å². The molecule has 2 aromatic carbocycles. The van der Waals surface area contributed by atoms with Crippen LogP contribution in [0.4, 0.5) is 8.78 Å². The Morgan fingerprint density at radius 1 is 1.07 bits per heavy atom. The lowest BCUT2D eigenvalue weighted by atomic mass is 10.2. The Morgan fingerprint density at radius 3 is 2.50 bits per heavy atom. The Bertz CT molecular complexity index is 895. The molecule has 0 unspecified atom stereocenters. The molecule has 8 heteroatoms. The van der Waals surface area contributed by atoms with Crippen LogP contribution in [0, 0.1) is 0 Å². The molecular weight excluding hydrogens is 364 g/mol. The average molecular weight is 385 g/mol. The van der Waals surface area contributed by atoms with E-state index in [0.717, 1.165) is 11.3 Å². The summed E-state index contributed by atoms with van der Waals surface area (Å²) >= 11 is 0. The normalized spacial score (nSPS) is 11.5. The molecule has 0 amide bonds. The number of hydrogen-bond donors (Lipinski definition) is 2. The molecule has 1 heterocycles. The van der Waals surface area contributed by atoms with Gasteiger partial charge in [-0.3, -0.25) is 4.99 Å². The second kappa shape index (κ2) is 9.50. The van der Waals surface area contributed by atoms with Crippen molar-refractivity contribution in [1.29, 1.82) is 0 Å². The molecule has 0 atom stereocenters. The highest BCUT2D eigenvalue weighted by molar-refractivity contribution is 5.79. The number of nitrogens with one attached hydrogen (secondary N) is 2. The van der Waals surface area contributed by atoms with Gasteiger partial charge in [-0.15, -0.1) is 0 Å². The summed E-state index contributed by atoms with van der Waals surface area (Å²) in [5.74, 6) is 0.706. The molecule has 0 spiro atoms. The van der Waals surface area contributed by atoms with Crippen molar-refractivity contribution in [2.45, 2.75) is 19.7 Å². The van der Waals surface area contributed by atoms with E-state index in [0.29, 0.717) is 24.6 Å². The van der Waals surface area contributed by atoms with E-state index in [-0.39, 0.29) is 5.75 Å².